The minimum Gasteiger partial charge on any atom is -0.462 e. The average Bonchev–Trinajstić information content (AvgIpc) is 2.56. The number of carbonyl (C=O) groups excluding carboxylic acids is 2. The van der Waals surface area contributed by atoms with Gasteiger partial charge in [-0.05, 0) is 19.4 Å². The highest BCUT2D eigenvalue weighted by Crippen LogP contribution is 2.21. The number of halogens is 4. The quantitative estimate of drug-likeness (QED) is 0.0862. The lowest BCUT2D eigenvalue weighted by molar-refractivity contribution is -0.138. The topological polar surface area (TPSA) is 75.6 Å². The van der Waals surface area contributed by atoms with Crippen LogP contribution in [0.1, 0.15) is 23.7 Å². The molecule has 0 aromatic heterocycles. The van der Waals surface area contributed by atoms with Crippen molar-refractivity contribution in [1.82, 2.24) is 5.32 Å². The van der Waals surface area contributed by atoms with Crippen LogP contribution in [0.3, 0.4) is 0 Å². The van der Waals surface area contributed by atoms with E-state index in [4.69, 9.17) is 5.11 Å². The summed E-state index contributed by atoms with van der Waals surface area (Å²) in [5.74, 6) is -10.4. The number of ketones is 1. The second-order valence-corrected chi connectivity index (χ2v) is 4.49. The van der Waals surface area contributed by atoms with Gasteiger partial charge in [-0.3, -0.25) is 4.79 Å². The fraction of sp³-hybridized carbons (Fsp3) is 0.333. The van der Waals surface area contributed by atoms with Crippen LogP contribution < -0.4 is 5.32 Å². The second-order valence-electron chi connectivity index (χ2n) is 4.49. The number of Topliss-reactive ketones (excluding diaryl/α,β-unsaturated/α-hetero) is 1. The molecule has 0 aliphatic heterocycles. The molecule has 0 saturated carbocycles. The van der Waals surface area contributed by atoms with Crippen molar-refractivity contribution in [2.75, 3.05) is 19.8 Å². The third-order valence-electron chi connectivity index (χ3n) is 2.81. The minimum absolute atomic E-state index is 0.102. The van der Waals surface area contributed by atoms with E-state index in [1.165, 1.54) is 6.92 Å². The van der Waals surface area contributed by atoms with Crippen LogP contribution in [-0.2, 0) is 9.53 Å². The van der Waals surface area contributed by atoms with E-state index in [1.807, 2.05) is 0 Å². The predicted octanol–water partition coefficient (Wildman–Crippen LogP) is 1.84. The van der Waals surface area contributed by atoms with E-state index >= 15 is 0 Å². The molecule has 1 aromatic rings. The van der Waals surface area contributed by atoms with Crippen LogP contribution >= 0.6 is 0 Å². The zero-order valence-corrected chi connectivity index (χ0v) is 12.7. The van der Waals surface area contributed by atoms with Crippen molar-refractivity contribution in [2.45, 2.75) is 13.3 Å². The third kappa shape index (κ3) is 4.54. The Morgan fingerprint density at radius 3 is 2.46 bits per heavy atom. The normalized spacial score (nSPS) is 11.3. The van der Waals surface area contributed by atoms with Crippen molar-refractivity contribution in [3.05, 3.63) is 46.7 Å². The van der Waals surface area contributed by atoms with Crippen LogP contribution in [0.25, 0.3) is 0 Å². The molecule has 5 nitrogen and oxygen atoms in total. The number of hydrogen-bond donors (Lipinski definition) is 2. The van der Waals surface area contributed by atoms with Gasteiger partial charge in [0.1, 0.15) is 5.57 Å². The molecule has 24 heavy (non-hydrogen) atoms. The Labute approximate surface area is 134 Å². The minimum atomic E-state index is -2.16. The number of ether oxygens (including phenoxy) is 1. The standard InChI is InChI=1S/C15H15F4NO4/c1-2-24-15(23)9(7-20-4-3-5-21)14(22)8-6-10(16)12(18)13(19)11(8)17/h6-7,20-21H,2-5H2,1H3/b9-7+. The molecule has 0 heterocycles. The SMILES string of the molecule is CCOC(=O)/C(=C/NCCCO)C(=O)c1cc(F)c(F)c(F)c1F. The van der Waals surface area contributed by atoms with Gasteiger partial charge >= 0.3 is 5.97 Å². The lowest BCUT2D eigenvalue weighted by atomic mass is 10.0. The van der Waals surface area contributed by atoms with E-state index in [-0.39, 0.29) is 32.2 Å². The molecular weight excluding hydrogens is 334 g/mol. The van der Waals surface area contributed by atoms with E-state index in [0.29, 0.717) is 0 Å². The Balaban J connectivity index is 3.23. The van der Waals surface area contributed by atoms with Gasteiger partial charge in [-0.15, -0.1) is 0 Å². The number of rotatable bonds is 8. The summed E-state index contributed by atoms with van der Waals surface area (Å²) in [6.07, 6.45) is 1.17. The van der Waals surface area contributed by atoms with Crippen molar-refractivity contribution >= 4 is 11.8 Å². The molecule has 0 unspecified atom stereocenters. The Bertz CT molecular complexity index is 661. The number of nitrogens with one attached hydrogen (secondary N) is 1. The van der Waals surface area contributed by atoms with E-state index in [2.05, 4.69) is 10.1 Å². The molecule has 0 bridgehead atoms. The van der Waals surface area contributed by atoms with E-state index in [9.17, 15) is 27.2 Å². The number of aliphatic hydroxyl groups is 1. The van der Waals surface area contributed by atoms with Gasteiger partial charge in [-0.2, -0.15) is 0 Å². The lowest BCUT2D eigenvalue weighted by Gasteiger charge is -2.09. The zero-order valence-electron chi connectivity index (χ0n) is 12.7. The van der Waals surface area contributed by atoms with Gasteiger partial charge in [0.25, 0.3) is 0 Å². The maximum atomic E-state index is 13.7. The van der Waals surface area contributed by atoms with E-state index in [0.717, 1.165) is 6.20 Å². The molecule has 9 heteroatoms. The predicted molar refractivity (Wildman–Crippen MR) is 75.0 cm³/mol. The fourth-order valence-electron chi connectivity index (χ4n) is 1.66. The van der Waals surface area contributed by atoms with Crippen LogP contribution in [0.4, 0.5) is 17.6 Å². The molecule has 0 fully saturated rings. The fourth-order valence-corrected chi connectivity index (χ4v) is 1.66. The summed E-state index contributed by atoms with van der Waals surface area (Å²) in [5.41, 5.74) is -1.87. The maximum absolute atomic E-state index is 13.7. The second kappa shape index (κ2) is 9.02. The summed E-state index contributed by atoms with van der Waals surface area (Å²) in [6.45, 7) is 1.36. The number of hydrogen-bond acceptors (Lipinski definition) is 5. The average molecular weight is 349 g/mol. The molecule has 132 valence electrons. The summed E-state index contributed by atoms with van der Waals surface area (Å²) < 4.78 is 57.8. The Morgan fingerprint density at radius 1 is 1.21 bits per heavy atom. The van der Waals surface area contributed by atoms with Crippen molar-refractivity contribution in [1.29, 1.82) is 0 Å². The first-order valence-electron chi connectivity index (χ1n) is 6.94. The summed E-state index contributed by atoms with van der Waals surface area (Å²) in [7, 11) is 0. The van der Waals surface area contributed by atoms with E-state index in [1.54, 1.807) is 0 Å². The Hall–Kier alpha value is -2.42. The first-order chi connectivity index (χ1) is 11.3. The molecule has 0 aliphatic carbocycles. The molecule has 0 spiro atoms. The van der Waals surface area contributed by atoms with Crippen LogP contribution in [-0.4, -0.2) is 36.6 Å². The van der Waals surface area contributed by atoms with E-state index < -0.39 is 46.2 Å². The maximum Gasteiger partial charge on any atom is 0.343 e. The van der Waals surface area contributed by atoms with Crippen molar-refractivity contribution in [3.8, 4) is 0 Å². The molecule has 0 saturated heterocycles. The zero-order chi connectivity index (χ0) is 18.3. The highest BCUT2D eigenvalue weighted by molar-refractivity contribution is 6.24. The van der Waals surface area contributed by atoms with Gasteiger partial charge in [0.2, 0.25) is 5.78 Å². The largest absolute Gasteiger partial charge is 0.462 e. The molecule has 2 N–H and O–H groups in total. The number of carbonyl (C=O) groups is 2. The van der Waals surface area contributed by atoms with Gasteiger partial charge in [0, 0.05) is 19.4 Å². The molecule has 0 amide bonds. The Kier molecular flexibility index (Phi) is 7.37. The highest BCUT2D eigenvalue weighted by atomic mass is 19.2. The molecular formula is C15H15F4NO4. The number of esters is 1. The van der Waals surface area contributed by atoms with Crippen LogP contribution in [0, 0.1) is 23.3 Å². The summed E-state index contributed by atoms with van der Waals surface area (Å²) in [5, 5.41) is 11.2. The smallest absolute Gasteiger partial charge is 0.343 e. The molecule has 0 atom stereocenters. The molecule has 1 aromatic carbocycles. The molecule has 0 aliphatic rings. The van der Waals surface area contributed by atoms with Gasteiger partial charge in [0.15, 0.2) is 23.3 Å². The molecule has 1 rings (SSSR count). The summed E-state index contributed by atoms with van der Waals surface area (Å²) >= 11 is 0. The summed E-state index contributed by atoms with van der Waals surface area (Å²) in [6, 6.07) is 0.164. The molecule has 0 radical (unpaired) electrons. The number of aliphatic hydroxyl groups excluding tert-OH is 1. The van der Waals surface area contributed by atoms with Crippen LogP contribution in [0.2, 0.25) is 0 Å². The van der Waals surface area contributed by atoms with Crippen LogP contribution in [0.5, 0.6) is 0 Å². The van der Waals surface area contributed by atoms with Gasteiger partial charge < -0.3 is 15.2 Å². The van der Waals surface area contributed by atoms with Crippen molar-refractivity contribution in [2.24, 2.45) is 0 Å². The van der Waals surface area contributed by atoms with Gasteiger partial charge in [-0.25, -0.2) is 22.4 Å². The monoisotopic (exact) mass is 349 g/mol. The first-order valence-corrected chi connectivity index (χ1v) is 6.94. The number of benzene rings is 1. The van der Waals surface area contributed by atoms with Crippen molar-refractivity contribution in [3.63, 3.8) is 0 Å². The van der Waals surface area contributed by atoms with Gasteiger partial charge in [-0.1, -0.05) is 0 Å². The van der Waals surface area contributed by atoms with Crippen molar-refractivity contribution < 1.29 is 37.0 Å². The summed E-state index contributed by atoms with van der Waals surface area (Å²) in [4.78, 5) is 24.0. The van der Waals surface area contributed by atoms with Crippen LogP contribution in [0.15, 0.2) is 17.8 Å². The first kappa shape index (κ1) is 19.6. The third-order valence-corrected chi connectivity index (χ3v) is 2.81. The van der Waals surface area contributed by atoms with Gasteiger partial charge in [0.05, 0.1) is 12.2 Å². The Morgan fingerprint density at radius 2 is 1.88 bits per heavy atom. The highest BCUT2D eigenvalue weighted by Gasteiger charge is 2.28. The lowest BCUT2D eigenvalue weighted by Crippen LogP contribution is -2.22.